The van der Waals surface area contributed by atoms with E-state index >= 15 is 0 Å². The molecule has 0 fully saturated rings. The second kappa shape index (κ2) is 4.62. The number of hydrogen-bond acceptors (Lipinski definition) is 0. The van der Waals surface area contributed by atoms with Gasteiger partial charge in [0.1, 0.15) is 0 Å². The molecule has 0 aromatic rings. The van der Waals surface area contributed by atoms with Crippen molar-refractivity contribution in [2.24, 2.45) is 5.92 Å². The van der Waals surface area contributed by atoms with Crippen molar-refractivity contribution >= 4 is 7.92 Å². The summed E-state index contributed by atoms with van der Waals surface area (Å²) in [6, 6.07) is 0. The molecule has 0 spiro atoms. The molecule has 1 aliphatic carbocycles. The van der Waals surface area contributed by atoms with E-state index in [-0.39, 0.29) is 7.92 Å². The van der Waals surface area contributed by atoms with Gasteiger partial charge in [-0.2, -0.15) is 0 Å². The molecule has 1 aliphatic rings. The maximum absolute atomic E-state index is 2.37. The minimum absolute atomic E-state index is 0.264. The highest BCUT2D eigenvalue weighted by Gasteiger charge is 2.22. The molecule has 0 saturated heterocycles. The Morgan fingerprint density at radius 3 is 2.00 bits per heavy atom. The van der Waals surface area contributed by atoms with Crippen LogP contribution >= 0.6 is 7.92 Å². The highest BCUT2D eigenvalue weighted by atomic mass is 31.1. The van der Waals surface area contributed by atoms with Gasteiger partial charge < -0.3 is 0 Å². The molecular formula is C13H23P. The fourth-order valence-electron chi connectivity index (χ4n) is 2.20. The summed E-state index contributed by atoms with van der Waals surface area (Å²) in [6.45, 7) is 14.0. The first-order valence-corrected chi connectivity index (χ1v) is 7.89. The summed E-state index contributed by atoms with van der Waals surface area (Å²) >= 11 is 0. The Morgan fingerprint density at radius 1 is 1.07 bits per heavy atom. The Labute approximate surface area is 90.2 Å². The smallest absolute Gasteiger partial charge is 0.00124 e. The lowest BCUT2D eigenvalue weighted by molar-refractivity contribution is 0.775. The molecule has 1 unspecified atom stereocenters. The molecule has 0 aromatic heterocycles. The number of hydrogen-bond donors (Lipinski definition) is 0. The van der Waals surface area contributed by atoms with Gasteiger partial charge >= 0.3 is 0 Å². The molecule has 0 aromatic carbocycles. The van der Waals surface area contributed by atoms with Crippen LogP contribution in [0.4, 0.5) is 0 Å². The molecule has 0 radical (unpaired) electrons. The van der Waals surface area contributed by atoms with Crippen LogP contribution in [-0.2, 0) is 0 Å². The first kappa shape index (κ1) is 12.0. The third-order valence-electron chi connectivity index (χ3n) is 3.64. The van der Waals surface area contributed by atoms with E-state index in [2.05, 4.69) is 41.0 Å². The predicted molar refractivity (Wildman–Crippen MR) is 68.5 cm³/mol. The molecule has 0 saturated carbocycles. The van der Waals surface area contributed by atoms with Crippen LogP contribution in [0.5, 0.6) is 0 Å². The predicted octanol–water partition coefficient (Wildman–Crippen LogP) is 4.42. The zero-order valence-corrected chi connectivity index (χ0v) is 11.3. The first-order valence-electron chi connectivity index (χ1n) is 5.47. The van der Waals surface area contributed by atoms with Gasteiger partial charge in [0, 0.05) is 0 Å². The fraction of sp³-hybridized carbons (Fsp3) is 0.692. The van der Waals surface area contributed by atoms with E-state index in [4.69, 9.17) is 0 Å². The summed E-state index contributed by atoms with van der Waals surface area (Å²) in [4.78, 5) is 0. The molecule has 0 heterocycles. The SMILES string of the molecule is CC1=C(C)C(C)C(CCP(C)C)=C1C. The van der Waals surface area contributed by atoms with Crippen molar-refractivity contribution in [1.82, 2.24) is 0 Å². The van der Waals surface area contributed by atoms with Crippen LogP contribution in [-0.4, -0.2) is 19.5 Å². The van der Waals surface area contributed by atoms with Gasteiger partial charge in [0.15, 0.2) is 0 Å². The lowest BCUT2D eigenvalue weighted by Gasteiger charge is -2.14. The number of rotatable bonds is 3. The van der Waals surface area contributed by atoms with E-state index in [0.717, 1.165) is 0 Å². The van der Waals surface area contributed by atoms with E-state index in [1.54, 1.807) is 22.3 Å². The van der Waals surface area contributed by atoms with Crippen LogP contribution in [0.3, 0.4) is 0 Å². The van der Waals surface area contributed by atoms with Gasteiger partial charge in [-0.1, -0.05) is 18.1 Å². The summed E-state index contributed by atoms with van der Waals surface area (Å²) in [6.07, 6.45) is 2.72. The minimum atomic E-state index is 0.264. The van der Waals surface area contributed by atoms with E-state index in [1.165, 1.54) is 12.6 Å². The molecule has 0 aliphatic heterocycles. The Hall–Kier alpha value is -0.0900. The zero-order chi connectivity index (χ0) is 10.9. The molecule has 0 amide bonds. The van der Waals surface area contributed by atoms with E-state index < -0.39 is 0 Å². The summed E-state index contributed by atoms with van der Waals surface area (Å²) < 4.78 is 0. The first-order chi connectivity index (χ1) is 6.45. The molecule has 0 bridgehead atoms. The van der Waals surface area contributed by atoms with Crippen molar-refractivity contribution in [2.45, 2.75) is 34.1 Å². The maximum Gasteiger partial charge on any atom is -0.00124 e. The standard InChI is InChI=1S/C13H23P/c1-9-10(2)12(4)13(11(9)3)7-8-14(5)6/h11H,7-8H2,1-6H3. The monoisotopic (exact) mass is 210 g/mol. The van der Waals surface area contributed by atoms with Gasteiger partial charge in [-0.3, -0.25) is 0 Å². The molecule has 1 heteroatoms. The van der Waals surface area contributed by atoms with Gasteiger partial charge in [0.05, 0.1) is 0 Å². The lowest BCUT2D eigenvalue weighted by atomic mass is 9.96. The summed E-state index contributed by atoms with van der Waals surface area (Å²) in [7, 11) is 0.264. The quantitative estimate of drug-likeness (QED) is 0.605. The van der Waals surface area contributed by atoms with Crippen LogP contribution in [0.25, 0.3) is 0 Å². The van der Waals surface area contributed by atoms with Crippen molar-refractivity contribution in [3.63, 3.8) is 0 Å². The lowest BCUT2D eigenvalue weighted by Crippen LogP contribution is -1.99. The van der Waals surface area contributed by atoms with Crippen LogP contribution in [0.2, 0.25) is 0 Å². The average molecular weight is 210 g/mol. The Kier molecular flexibility index (Phi) is 3.95. The largest absolute Gasteiger partial charge is 0.113 e. The summed E-state index contributed by atoms with van der Waals surface area (Å²) in [5.74, 6) is 0.713. The van der Waals surface area contributed by atoms with Crippen molar-refractivity contribution < 1.29 is 0 Å². The second-order valence-electron chi connectivity index (χ2n) is 4.73. The molecule has 1 rings (SSSR count). The Morgan fingerprint density at radius 2 is 1.64 bits per heavy atom. The Balaban J connectivity index is 2.73. The third kappa shape index (κ3) is 2.28. The van der Waals surface area contributed by atoms with Crippen LogP contribution < -0.4 is 0 Å². The van der Waals surface area contributed by atoms with Crippen molar-refractivity contribution in [3.05, 3.63) is 22.3 Å². The molecule has 0 N–H and O–H groups in total. The minimum Gasteiger partial charge on any atom is -0.113 e. The van der Waals surface area contributed by atoms with Gasteiger partial charge in [0.2, 0.25) is 0 Å². The van der Waals surface area contributed by atoms with Crippen molar-refractivity contribution in [2.75, 3.05) is 19.5 Å². The van der Waals surface area contributed by atoms with E-state index in [9.17, 15) is 0 Å². The normalized spacial score (nSPS) is 22.9. The fourth-order valence-corrected chi connectivity index (χ4v) is 2.88. The molecular weight excluding hydrogens is 187 g/mol. The van der Waals surface area contributed by atoms with Gasteiger partial charge in [-0.05, 0) is 63.7 Å². The van der Waals surface area contributed by atoms with Crippen LogP contribution in [0, 0.1) is 5.92 Å². The molecule has 14 heavy (non-hydrogen) atoms. The highest BCUT2D eigenvalue weighted by molar-refractivity contribution is 7.55. The third-order valence-corrected chi connectivity index (χ3v) is 4.75. The van der Waals surface area contributed by atoms with Crippen LogP contribution in [0.15, 0.2) is 22.3 Å². The van der Waals surface area contributed by atoms with Gasteiger partial charge in [0.25, 0.3) is 0 Å². The average Bonchev–Trinajstić information content (AvgIpc) is 2.29. The zero-order valence-electron chi connectivity index (χ0n) is 10.4. The molecule has 0 nitrogen and oxygen atoms in total. The number of allylic oxidation sites excluding steroid dienone is 4. The van der Waals surface area contributed by atoms with Gasteiger partial charge in [-0.25, -0.2) is 0 Å². The van der Waals surface area contributed by atoms with E-state index in [0.29, 0.717) is 5.92 Å². The highest BCUT2D eigenvalue weighted by Crippen LogP contribution is 2.40. The Bertz CT molecular complexity index is 282. The van der Waals surface area contributed by atoms with Crippen molar-refractivity contribution in [1.29, 1.82) is 0 Å². The van der Waals surface area contributed by atoms with Gasteiger partial charge in [-0.15, -0.1) is 7.92 Å². The van der Waals surface area contributed by atoms with Crippen molar-refractivity contribution in [3.8, 4) is 0 Å². The van der Waals surface area contributed by atoms with E-state index in [1.807, 2.05) is 0 Å². The summed E-state index contributed by atoms with van der Waals surface area (Å²) in [5.41, 5.74) is 6.42. The molecule has 1 atom stereocenters. The topological polar surface area (TPSA) is 0 Å². The van der Waals surface area contributed by atoms with Crippen LogP contribution in [0.1, 0.15) is 34.1 Å². The second-order valence-corrected chi connectivity index (χ2v) is 7.34. The maximum atomic E-state index is 2.37. The molecule has 80 valence electrons. The summed E-state index contributed by atoms with van der Waals surface area (Å²) in [5, 5.41) is 0.